The minimum atomic E-state index is -0.289. The first-order valence-electron chi connectivity index (χ1n) is 4.39. The number of hydrogen-bond donors (Lipinski definition) is 2. The Bertz CT molecular complexity index is 134. The molecule has 0 fully saturated rings. The molecule has 0 heterocycles. The van der Waals surface area contributed by atoms with Crippen LogP contribution in [0.1, 0.15) is 19.8 Å². The van der Waals surface area contributed by atoms with Crippen molar-refractivity contribution in [2.75, 3.05) is 6.54 Å². The lowest BCUT2D eigenvalue weighted by molar-refractivity contribution is 0.126. The highest BCUT2D eigenvalue weighted by molar-refractivity contribution is 4.85. The van der Waals surface area contributed by atoms with Crippen molar-refractivity contribution >= 4 is 0 Å². The van der Waals surface area contributed by atoms with Gasteiger partial charge in [-0.15, -0.1) is 13.2 Å². The molecule has 0 amide bonds. The summed E-state index contributed by atoms with van der Waals surface area (Å²) in [4.78, 5) is 0. The first kappa shape index (κ1) is 11.4. The molecule has 70 valence electrons. The van der Waals surface area contributed by atoms with Crippen LogP contribution in [0.2, 0.25) is 0 Å². The molecule has 0 saturated carbocycles. The van der Waals surface area contributed by atoms with Crippen LogP contribution in [0.15, 0.2) is 25.3 Å². The number of aliphatic hydroxyl groups is 1. The summed E-state index contributed by atoms with van der Waals surface area (Å²) in [5.41, 5.74) is 0. The normalized spacial score (nSPS) is 15.2. The van der Waals surface area contributed by atoms with Gasteiger partial charge in [-0.25, -0.2) is 0 Å². The quantitative estimate of drug-likeness (QED) is 0.566. The van der Waals surface area contributed by atoms with Crippen LogP contribution in [0.5, 0.6) is 0 Å². The fraction of sp³-hybridized carbons (Fsp3) is 0.600. The van der Waals surface area contributed by atoms with Gasteiger partial charge >= 0.3 is 0 Å². The third kappa shape index (κ3) is 4.31. The van der Waals surface area contributed by atoms with Gasteiger partial charge in [-0.3, -0.25) is 0 Å². The van der Waals surface area contributed by atoms with Crippen molar-refractivity contribution in [3.63, 3.8) is 0 Å². The Morgan fingerprint density at radius 3 is 2.50 bits per heavy atom. The van der Waals surface area contributed by atoms with Crippen LogP contribution < -0.4 is 5.32 Å². The second-order valence-corrected chi connectivity index (χ2v) is 2.80. The van der Waals surface area contributed by atoms with Crippen molar-refractivity contribution in [3.05, 3.63) is 25.3 Å². The predicted molar refractivity (Wildman–Crippen MR) is 53.1 cm³/mol. The topological polar surface area (TPSA) is 32.3 Å². The zero-order chi connectivity index (χ0) is 9.40. The summed E-state index contributed by atoms with van der Waals surface area (Å²) < 4.78 is 0. The summed E-state index contributed by atoms with van der Waals surface area (Å²) in [6.07, 6.45) is 4.88. The standard InChI is InChI=1S/C10H19NO/c1-4-7-9(10(12)6-3)11-8-5-2/h4-5,9-12H,1-2,6-8H2,3H3/t9-,10+/m0/s1. The maximum atomic E-state index is 9.53. The Labute approximate surface area is 75.0 Å². The first-order valence-corrected chi connectivity index (χ1v) is 4.39. The molecular weight excluding hydrogens is 150 g/mol. The average Bonchev–Trinajstić information content (AvgIpc) is 2.11. The highest BCUT2D eigenvalue weighted by Crippen LogP contribution is 2.03. The van der Waals surface area contributed by atoms with E-state index in [9.17, 15) is 5.11 Å². The Hall–Kier alpha value is -0.600. The monoisotopic (exact) mass is 169 g/mol. The maximum absolute atomic E-state index is 9.53. The van der Waals surface area contributed by atoms with Crippen LogP contribution in [0.4, 0.5) is 0 Å². The zero-order valence-corrected chi connectivity index (χ0v) is 7.79. The lowest BCUT2D eigenvalue weighted by Crippen LogP contribution is -2.39. The minimum Gasteiger partial charge on any atom is -0.392 e. The predicted octanol–water partition coefficient (Wildman–Crippen LogP) is 1.48. The van der Waals surface area contributed by atoms with E-state index in [1.165, 1.54) is 0 Å². The van der Waals surface area contributed by atoms with Crippen molar-refractivity contribution in [1.29, 1.82) is 0 Å². The van der Waals surface area contributed by atoms with Crippen LogP contribution in [-0.2, 0) is 0 Å². The van der Waals surface area contributed by atoms with Gasteiger partial charge in [0.15, 0.2) is 0 Å². The lowest BCUT2D eigenvalue weighted by atomic mass is 10.1. The van der Waals surface area contributed by atoms with Crippen LogP contribution in [0.25, 0.3) is 0 Å². The molecule has 0 aromatic heterocycles. The molecular formula is C10H19NO. The van der Waals surface area contributed by atoms with Gasteiger partial charge < -0.3 is 10.4 Å². The highest BCUT2D eigenvalue weighted by Gasteiger charge is 2.13. The van der Waals surface area contributed by atoms with E-state index in [1.807, 2.05) is 13.0 Å². The Morgan fingerprint density at radius 1 is 1.42 bits per heavy atom. The molecule has 2 heteroatoms. The summed E-state index contributed by atoms with van der Waals surface area (Å²) in [7, 11) is 0. The Balaban J connectivity index is 3.83. The molecule has 0 rings (SSSR count). The van der Waals surface area contributed by atoms with E-state index >= 15 is 0 Å². The zero-order valence-electron chi connectivity index (χ0n) is 7.79. The van der Waals surface area contributed by atoms with Crippen LogP contribution >= 0.6 is 0 Å². The number of hydrogen-bond acceptors (Lipinski definition) is 2. The molecule has 0 bridgehead atoms. The van der Waals surface area contributed by atoms with E-state index in [4.69, 9.17) is 0 Å². The summed E-state index contributed by atoms with van der Waals surface area (Å²) in [5.74, 6) is 0. The van der Waals surface area contributed by atoms with Gasteiger partial charge in [0.2, 0.25) is 0 Å². The maximum Gasteiger partial charge on any atom is 0.0693 e. The number of aliphatic hydroxyl groups excluding tert-OH is 1. The van der Waals surface area contributed by atoms with Crippen molar-refractivity contribution in [3.8, 4) is 0 Å². The van der Waals surface area contributed by atoms with Gasteiger partial charge in [-0.2, -0.15) is 0 Å². The third-order valence-corrected chi connectivity index (χ3v) is 1.83. The van der Waals surface area contributed by atoms with Gasteiger partial charge in [0.25, 0.3) is 0 Å². The fourth-order valence-corrected chi connectivity index (χ4v) is 1.08. The summed E-state index contributed by atoms with van der Waals surface area (Å²) in [6.45, 7) is 9.96. The van der Waals surface area contributed by atoms with Gasteiger partial charge in [0.1, 0.15) is 0 Å². The summed E-state index contributed by atoms with van der Waals surface area (Å²) in [5, 5.41) is 12.7. The van der Waals surface area contributed by atoms with E-state index < -0.39 is 0 Å². The minimum absolute atomic E-state index is 0.116. The van der Waals surface area contributed by atoms with Gasteiger partial charge in [0, 0.05) is 12.6 Å². The molecule has 2 N–H and O–H groups in total. The molecule has 0 unspecified atom stereocenters. The molecule has 0 aromatic carbocycles. The van der Waals surface area contributed by atoms with E-state index in [0.29, 0.717) is 0 Å². The molecule has 0 saturated heterocycles. The smallest absolute Gasteiger partial charge is 0.0693 e. The molecule has 0 spiro atoms. The molecule has 0 aliphatic rings. The summed E-state index contributed by atoms with van der Waals surface area (Å²) in [6, 6.07) is 0.116. The fourth-order valence-electron chi connectivity index (χ4n) is 1.08. The SMILES string of the molecule is C=CCN[C@@H](CC=C)[C@H](O)CC. The van der Waals surface area contributed by atoms with Crippen molar-refractivity contribution in [2.45, 2.75) is 31.9 Å². The van der Waals surface area contributed by atoms with Crippen LogP contribution in [0, 0.1) is 0 Å². The molecule has 12 heavy (non-hydrogen) atoms. The van der Waals surface area contributed by atoms with E-state index in [1.54, 1.807) is 6.08 Å². The van der Waals surface area contributed by atoms with Gasteiger partial charge in [-0.1, -0.05) is 19.1 Å². The van der Waals surface area contributed by atoms with E-state index in [0.717, 1.165) is 19.4 Å². The van der Waals surface area contributed by atoms with Crippen LogP contribution in [-0.4, -0.2) is 23.8 Å². The molecule has 0 radical (unpaired) electrons. The summed E-state index contributed by atoms with van der Waals surface area (Å²) >= 11 is 0. The van der Waals surface area contributed by atoms with Crippen molar-refractivity contribution < 1.29 is 5.11 Å². The van der Waals surface area contributed by atoms with Crippen molar-refractivity contribution in [1.82, 2.24) is 5.32 Å². The second-order valence-electron chi connectivity index (χ2n) is 2.80. The Kier molecular flexibility index (Phi) is 6.72. The molecule has 0 aliphatic heterocycles. The molecule has 0 aromatic rings. The average molecular weight is 169 g/mol. The highest BCUT2D eigenvalue weighted by atomic mass is 16.3. The number of rotatable bonds is 7. The second kappa shape index (κ2) is 7.07. The lowest BCUT2D eigenvalue weighted by Gasteiger charge is -2.21. The van der Waals surface area contributed by atoms with E-state index in [2.05, 4.69) is 18.5 Å². The first-order chi connectivity index (χ1) is 5.76. The number of nitrogens with one attached hydrogen (secondary N) is 1. The van der Waals surface area contributed by atoms with Crippen molar-refractivity contribution in [2.24, 2.45) is 0 Å². The largest absolute Gasteiger partial charge is 0.392 e. The van der Waals surface area contributed by atoms with Gasteiger partial charge in [-0.05, 0) is 12.8 Å². The van der Waals surface area contributed by atoms with E-state index in [-0.39, 0.29) is 12.1 Å². The van der Waals surface area contributed by atoms with Crippen LogP contribution in [0.3, 0.4) is 0 Å². The molecule has 0 aliphatic carbocycles. The Morgan fingerprint density at radius 2 is 2.08 bits per heavy atom. The third-order valence-electron chi connectivity index (χ3n) is 1.83. The molecule has 2 nitrogen and oxygen atoms in total. The van der Waals surface area contributed by atoms with Gasteiger partial charge in [0.05, 0.1) is 6.10 Å². The molecule has 2 atom stereocenters.